The first-order valence-corrected chi connectivity index (χ1v) is 8.72. The second-order valence-corrected chi connectivity index (χ2v) is 6.33. The second kappa shape index (κ2) is 9.81. The van der Waals surface area contributed by atoms with Crippen LogP contribution in [0.25, 0.3) is 0 Å². The SMILES string of the molecule is CN=C(NCc1ccc(O)c(F)c1)N1CCc2cc(OC)c(OC)cc2C1.I. The first kappa shape index (κ1) is 22.1. The molecule has 0 aliphatic carbocycles. The molecule has 1 heterocycles. The largest absolute Gasteiger partial charge is 0.505 e. The third kappa shape index (κ3) is 4.78. The Bertz CT molecular complexity index is 861. The molecule has 0 radical (unpaired) electrons. The number of nitrogens with one attached hydrogen (secondary N) is 1. The molecule has 28 heavy (non-hydrogen) atoms. The number of phenolic OH excluding ortho intramolecular Hbond substituents is 1. The van der Waals surface area contributed by atoms with Crippen LogP contribution in [0.1, 0.15) is 16.7 Å². The van der Waals surface area contributed by atoms with Gasteiger partial charge in [-0.25, -0.2) is 4.39 Å². The molecule has 0 fully saturated rings. The smallest absolute Gasteiger partial charge is 0.194 e. The number of benzene rings is 2. The number of nitrogens with zero attached hydrogens (tertiary/aromatic N) is 2. The Morgan fingerprint density at radius 3 is 2.46 bits per heavy atom. The summed E-state index contributed by atoms with van der Waals surface area (Å²) in [7, 11) is 4.99. The van der Waals surface area contributed by atoms with E-state index in [0.717, 1.165) is 35.8 Å². The van der Waals surface area contributed by atoms with E-state index < -0.39 is 5.82 Å². The standard InChI is InChI=1S/C20H24FN3O3.HI/c1-22-20(23-11-13-4-5-17(25)16(21)8-13)24-7-6-14-9-18(26-2)19(27-3)10-15(14)12-24;/h4-5,8-10,25H,6-7,11-12H2,1-3H3,(H,22,23);1H. The quantitative estimate of drug-likeness (QED) is 0.383. The highest BCUT2D eigenvalue weighted by Crippen LogP contribution is 2.33. The average Bonchev–Trinajstić information content (AvgIpc) is 2.69. The van der Waals surface area contributed by atoms with Crippen molar-refractivity contribution >= 4 is 29.9 Å². The summed E-state index contributed by atoms with van der Waals surface area (Å²) < 4.78 is 24.3. The number of rotatable bonds is 4. The maximum Gasteiger partial charge on any atom is 0.194 e. The highest BCUT2D eigenvalue weighted by molar-refractivity contribution is 14.0. The van der Waals surface area contributed by atoms with Gasteiger partial charge in [0.2, 0.25) is 0 Å². The minimum absolute atomic E-state index is 0. The van der Waals surface area contributed by atoms with Crippen LogP contribution in [0, 0.1) is 5.82 Å². The van der Waals surface area contributed by atoms with E-state index in [0.29, 0.717) is 18.8 Å². The predicted octanol–water partition coefficient (Wildman–Crippen LogP) is 3.30. The number of hydrogen-bond donors (Lipinski definition) is 2. The van der Waals surface area contributed by atoms with Crippen molar-refractivity contribution < 1.29 is 19.0 Å². The molecule has 0 unspecified atom stereocenters. The van der Waals surface area contributed by atoms with Gasteiger partial charge in [-0.3, -0.25) is 4.99 Å². The number of methoxy groups -OCH3 is 2. The van der Waals surface area contributed by atoms with Gasteiger partial charge >= 0.3 is 0 Å². The van der Waals surface area contributed by atoms with E-state index >= 15 is 0 Å². The van der Waals surface area contributed by atoms with E-state index in [1.807, 2.05) is 12.1 Å². The zero-order valence-corrected chi connectivity index (χ0v) is 18.5. The van der Waals surface area contributed by atoms with Gasteiger partial charge in [0.25, 0.3) is 0 Å². The van der Waals surface area contributed by atoms with Crippen LogP contribution in [-0.2, 0) is 19.5 Å². The fraction of sp³-hybridized carbons (Fsp3) is 0.350. The molecule has 0 bridgehead atoms. The number of halogens is 2. The first-order chi connectivity index (χ1) is 13.0. The van der Waals surface area contributed by atoms with Crippen LogP contribution in [0.5, 0.6) is 17.2 Å². The van der Waals surface area contributed by atoms with Crippen LogP contribution < -0.4 is 14.8 Å². The highest BCUT2D eigenvalue weighted by Gasteiger charge is 2.21. The molecule has 0 atom stereocenters. The summed E-state index contributed by atoms with van der Waals surface area (Å²) in [4.78, 5) is 6.49. The Morgan fingerprint density at radius 2 is 1.86 bits per heavy atom. The van der Waals surface area contributed by atoms with Crippen molar-refractivity contribution in [3.63, 3.8) is 0 Å². The molecule has 0 spiro atoms. The number of ether oxygens (including phenoxy) is 2. The molecular weight excluding hydrogens is 476 g/mol. The van der Waals surface area contributed by atoms with Crippen LogP contribution in [0.3, 0.4) is 0 Å². The fourth-order valence-electron chi connectivity index (χ4n) is 3.24. The minimum Gasteiger partial charge on any atom is -0.505 e. The van der Waals surface area contributed by atoms with Crippen LogP contribution in [0.4, 0.5) is 4.39 Å². The van der Waals surface area contributed by atoms with Crippen LogP contribution in [0.2, 0.25) is 0 Å². The molecule has 0 amide bonds. The number of phenols is 1. The van der Waals surface area contributed by atoms with Gasteiger partial charge < -0.3 is 24.8 Å². The van der Waals surface area contributed by atoms with E-state index in [1.54, 1.807) is 27.3 Å². The summed E-state index contributed by atoms with van der Waals surface area (Å²) in [6.07, 6.45) is 0.865. The lowest BCUT2D eigenvalue weighted by atomic mass is 9.99. The molecule has 0 saturated heterocycles. The van der Waals surface area contributed by atoms with Crippen molar-refractivity contribution in [2.45, 2.75) is 19.5 Å². The lowest BCUT2D eigenvalue weighted by Gasteiger charge is -2.32. The van der Waals surface area contributed by atoms with Crippen molar-refractivity contribution in [1.29, 1.82) is 0 Å². The summed E-state index contributed by atoms with van der Waals surface area (Å²) in [5, 5.41) is 12.6. The van der Waals surface area contributed by atoms with Crippen molar-refractivity contribution in [3.8, 4) is 17.2 Å². The van der Waals surface area contributed by atoms with E-state index in [9.17, 15) is 9.50 Å². The highest BCUT2D eigenvalue weighted by atomic mass is 127. The Morgan fingerprint density at radius 1 is 1.18 bits per heavy atom. The second-order valence-electron chi connectivity index (χ2n) is 6.33. The van der Waals surface area contributed by atoms with Gasteiger partial charge in [0.05, 0.1) is 14.2 Å². The van der Waals surface area contributed by atoms with Gasteiger partial charge in [-0.1, -0.05) is 6.07 Å². The van der Waals surface area contributed by atoms with Gasteiger partial charge in [-0.2, -0.15) is 0 Å². The summed E-state index contributed by atoms with van der Waals surface area (Å²) in [5.41, 5.74) is 3.13. The Labute approximate surface area is 181 Å². The Hall–Kier alpha value is -2.23. The van der Waals surface area contributed by atoms with Gasteiger partial charge in [-0.15, -0.1) is 24.0 Å². The predicted molar refractivity (Wildman–Crippen MR) is 117 cm³/mol. The maximum atomic E-state index is 13.5. The molecule has 0 saturated carbocycles. The van der Waals surface area contributed by atoms with E-state index in [-0.39, 0.29) is 29.7 Å². The molecule has 8 heteroatoms. The lowest BCUT2D eigenvalue weighted by molar-refractivity contribution is 0.346. The molecule has 1 aliphatic rings. The van der Waals surface area contributed by atoms with Crippen molar-refractivity contribution in [2.24, 2.45) is 4.99 Å². The summed E-state index contributed by atoms with van der Waals surface area (Å²) >= 11 is 0. The minimum atomic E-state index is -0.628. The fourth-order valence-corrected chi connectivity index (χ4v) is 3.24. The van der Waals surface area contributed by atoms with Gasteiger partial charge in [0.15, 0.2) is 29.0 Å². The molecule has 1 aliphatic heterocycles. The topological polar surface area (TPSA) is 66.3 Å². The number of aliphatic imine (C=N–C) groups is 1. The van der Waals surface area contributed by atoms with E-state index in [1.165, 1.54) is 17.7 Å². The Kier molecular flexibility index (Phi) is 7.73. The van der Waals surface area contributed by atoms with Gasteiger partial charge in [0.1, 0.15) is 0 Å². The van der Waals surface area contributed by atoms with Crippen molar-refractivity contribution in [2.75, 3.05) is 27.8 Å². The lowest BCUT2D eigenvalue weighted by Crippen LogP contribution is -2.43. The average molecular weight is 501 g/mol. The summed E-state index contributed by atoms with van der Waals surface area (Å²) in [5.74, 6) is 1.21. The molecular formula is C20H25FIN3O3. The van der Waals surface area contributed by atoms with Crippen LogP contribution in [-0.4, -0.2) is 43.8 Å². The zero-order valence-electron chi connectivity index (χ0n) is 16.2. The van der Waals surface area contributed by atoms with E-state index in [4.69, 9.17) is 9.47 Å². The third-order valence-electron chi connectivity index (χ3n) is 4.69. The third-order valence-corrected chi connectivity index (χ3v) is 4.69. The summed E-state index contributed by atoms with van der Waals surface area (Å²) in [6, 6.07) is 8.38. The molecule has 3 rings (SSSR count). The number of hydrogen-bond acceptors (Lipinski definition) is 4. The molecule has 2 aromatic carbocycles. The van der Waals surface area contributed by atoms with Crippen molar-refractivity contribution in [1.82, 2.24) is 10.2 Å². The van der Waals surface area contributed by atoms with Gasteiger partial charge in [-0.05, 0) is 47.4 Å². The molecule has 0 aromatic heterocycles. The Balaban J connectivity index is 0.00000280. The zero-order chi connectivity index (χ0) is 19.4. The number of aromatic hydroxyl groups is 1. The molecule has 2 aromatic rings. The first-order valence-electron chi connectivity index (χ1n) is 8.72. The van der Waals surface area contributed by atoms with E-state index in [2.05, 4.69) is 15.2 Å². The normalized spacial score (nSPS) is 13.4. The summed E-state index contributed by atoms with van der Waals surface area (Å²) in [6.45, 7) is 1.92. The molecule has 152 valence electrons. The molecule has 2 N–H and O–H groups in total. The van der Waals surface area contributed by atoms with Gasteiger partial charge in [0, 0.05) is 26.7 Å². The van der Waals surface area contributed by atoms with Crippen LogP contribution in [0.15, 0.2) is 35.3 Å². The molecule has 6 nitrogen and oxygen atoms in total. The monoisotopic (exact) mass is 501 g/mol. The maximum absolute atomic E-state index is 13.5. The number of fused-ring (bicyclic) bond motifs is 1. The van der Waals surface area contributed by atoms with Crippen molar-refractivity contribution in [3.05, 3.63) is 52.8 Å². The van der Waals surface area contributed by atoms with Crippen LogP contribution >= 0.6 is 24.0 Å². The number of guanidine groups is 1.